The van der Waals surface area contributed by atoms with Crippen molar-refractivity contribution in [3.63, 3.8) is 0 Å². The number of para-hydroxylation sites is 1. The molecule has 1 aromatic heterocycles. The summed E-state index contributed by atoms with van der Waals surface area (Å²) in [5.41, 5.74) is 2.80. The van der Waals surface area contributed by atoms with Crippen molar-refractivity contribution in [1.29, 1.82) is 0 Å². The van der Waals surface area contributed by atoms with Gasteiger partial charge < -0.3 is 9.64 Å². The summed E-state index contributed by atoms with van der Waals surface area (Å²) in [5.74, 6) is 0.917. The molecule has 1 amide bonds. The summed E-state index contributed by atoms with van der Waals surface area (Å²) in [7, 11) is 1.90. The molecule has 1 saturated heterocycles. The Morgan fingerprint density at radius 3 is 3.04 bits per heavy atom. The molecule has 3 heterocycles. The lowest BCUT2D eigenvalue weighted by Gasteiger charge is -2.26. The Bertz CT molecular complexity index is 778. The quantitative estimate of drug-likeness (QED) is 0.856. The summed E-state index contributed by atoms with van der Waals surface area (Å²) < 4.78 is 7.52. The van der Waals surface area contributed by atoms with E-state index in [4.69, 9.17) is 4.74 Å². The van der Waals surface area contributed by atoms with Gasteiger partial charge in [0.25, 0.3) is 5.91 Å². The van der Waals surface area contributed by atoms with E-state index in [-0.39, 0.29) is 11.9 Å². The highest BCUT2D eigenvalue weighted by molar-refractivity contribution is 5.99. The lowest BCUT2D eigenvalue weighted by molar-refractivity contribution is -0.128. The van der Waals surface area contributed by atoms with Crippen molar-refractivity contribution < 1.29 is 9.53 Å². The van der Waals surface area contributed by atoms with E-state index in [1.165, 1.54) is 0 Å². The van der Waals surface area contributed by atoms with Gasteiger partial charge in [-0.1, -0.05) is 18.2 Å². The Morgan fingerprint density at radius 1 is 1.35 bits per heavy atom. The monoisotopic (exact) mass is 309 g/mol. The first-order valence-corrected chi connectivity index (χ1v) is 7.94. The number of benzene rings is 1. The highest BCUT2D eigenvalue weighted by Gasteiger charge is 2.33. The van der Waals surface area contributed by atoms with Crippen molar-refractivity contribution in [2.75, 3.05) is 13.2 Å². The molecular formula is C18H19N3O2. The first kappa shape index (κ1) is 14.1. The number of carbonyl (C=O) groups is 1. The van der Waals surface area contributed by atoms with E-state index in [9.17, 15) is 4.79 Å². The zero-order chi connectivity index (χ0) is 15.8. The van der Waals surface area contributed by atoms with E-state index in [1.54, 1.807) is 4.68 Å². The predicted octanol–water partition coefficient (Wildman–Crippen LogP) is 2.56. The van der Waals surface area contributed by atoms with E-state index in [0.717, 1.165) is 41.8 Å². The second kappa shape index (κ2) is 5.57. The molecule has 0 spiro atoms. The molecule has 4 rings (SSSR count). The minimum absolute atomic E-state index is 0.0749. The first-order valence-electron chi connectivity index (χ1n) is 7.94. The van der Waals surface area contributed by atoms with Crippen LogP contribution in [0.25, 0.3) is 6.08 Å². The van der Waals surface area contributed by atoms with Crippen molar-refractivity contribution in [2.24, 2.45) is 7.05 Å². The SMILES string of the molecule is Cn1cc([C@@H]2CCCN2C(=O)C2=Cc3ccccc3OC2)cn1. The van der Waals surface area contributed by atoms with Crippen LogP contribution in [0, 0.1) is 0 Å². The van der Waals surface area contributed by atoms with Crippen molar-refractivity contribution in [3.05, 3.63) is 53.4 Å². The van der Waals surface area contributed by atoms with Crippen molar-refractivity contribution >= 4 is 12.0 Å². The summed E-state index contributed by atoms with van der Waals surface area (Å²) in [6.45, 7) is 1.13. The van der Waals surface area contributed by atoms with Crippen LogP contribution in [0.5, 0.6) is 5.75 Å². The molecule has 5 nitrogen and oxygen atoms in total. The molecule has 0 unspecified atom stereocenters. The van der Waals surface area contributed by atoms with Crippen molar-refractivity contribution in [1.82, 2.24) is 14.7 Å². The molecule has 2 aliphatic heterocycles. The number of ether oxygens (including phenoxy) is 1. The number of hydrogen-bond acceptors (Lipinski definition) is 3. The van der Waals surface area contributed by atoms with Crippen LogP contribution in [-0.2, 0) is 11.8 Å². The van der Waals surface area contributed by atoms with Gasteiger partial charge in [-0.05, 0) is 25.0 Å². The molecule has 23 heavy (non-hydrogen) atoms. The van der Waals surface area contributed by atoms with Gasteiger partial charge in [-0.3, -0.25) is 9.48 Å². The summed E-state index contributed by atoms with van der Waals surface area (Å²) in [6, 6.07) is 7.93. The molecule has 0 N–H and O–H groups in total. The number of hydrogen-bond donors (Lipinski definition) is 0. The Hall–Kier alpha value is -2.56. The Labute approximate surface area is 135 Å². The highest BCUT2D eigenvalue weighted by atomic mass is 16.5. The second-order valence-electron chi connectivity index (χ2n) is 6.10. The maximum atomic E-state index is 13.0. The number of likely N-dealkylation sites (tertiary alicyclic amines) is 1. The molecule has 5 heteroatoms. The average Bonchev–Trinajstić information content (AvgIpc) is 3.22. The largest absolute Gasteiger partial charge is 0.488 e. The number of fused-ring (bicyclic) bond motifs is 1. The van der Waals surface area contributed by atoms with Gasteiger partial charge in [0.2, 0.25) is 0 Å². The third-order valence-corrected chi connectivity index (χ3v) is 4.53. The third kappa shape index (κ3) is 2.52. The molecule has 0 radical (unpaired) electrons. The van der Waals surface area contributed by atoms with E-state index < -0.39 is 0 Å². The van der Waals surface area contributed by atoms with Crippen LogP contribution >= 0.6 is 0 Å². The molecule has 0 bridgehead atoms. The van der Waals surface area contributed by atoms with E-state index in [1.807, 2.05) is 54.7 Å². The average molecular weight is 309 g/mol. The summed E-state index contributed by atoms with van der Waals surface area (Å²) in [4.78, 5) is 14.9. The molecule has 0 aliphatic carbocycles. The fraction of sp³-hybridized carbons (Fsp3) is 0.333. The molecule has 2 aliphatic rings. The number of aryl methyl sites for hydroxylation is 1. The number of aromatic nitrogens is 2. The van der Waals surface area contributed by atoms with Gasteiger partial charge >= 0.3 is 0 Å². The van der Waals surface area contributed by atoms with E-state index in [2.05, 4.69) is 5.10 Å². The van der Waals surface area contributed by atoms with Crippen LogP contribution in [0.15, 0.2) is 42.2 Å². The minimum atomic E-state index is 0.0749. The normalized spacial score (nSPS) is 20.0. The molecule has 1 aromatic carbocycles. The van der Waals surface area contributed by atoms with Gasteiger partial charge in [0.05, 0.1) is 17.8 Å². The van der Waals surface area contributed by atoms with Crippen molar-refractivity contribution in [3.8, 4) is 5.75 Å². The summed E-state index contributed by atoms with van der Waals surface area (Å²) in [6.07, 6.45) is 7.83. The summed E-state index contributed by atoms with van der Waals surface area (Å²) in [5, 5.41) is 4.24. The van der Waals surface area contributed by atoms with Gasteiger partial charge in [-0.2, -0.15) is 5.10 Å². The number of amides is 1. The van der Waals surface area contributed by atoms with E-state index >= 15 is 0 Å². The van der Waals surface area contributed by atoms with Gasteiger partial charge in [0, 0.05) is 30.9 Å². The fourth-order valence-electron chi connectivity index (χ4n) is 3.39. The molecule has 1 fully saturated rings. The first-order chi connectivity index (χ1) is 11.2. The lowest BCUT2D eigenvalue weighted by atomic mass is 10.0. The standard InChI is InChI=1S/C18H19N3O2/c1-20-11-15(10-19-20)16-6-4-8-21(16)18(22)14-9-13-5-2-3-7-17(13)23-12-14/h2-3,5,7,9-11,16H,4,6,8,12H2,1H3/t16-/m0/s1. The molecule has 118 valence electrons. The van der Waals surface area contributed by atoms with Gasteiger partial charge in [-0.25, -0.2) is 0 Å². The number of nitrogens with zero attached hydrogens (tertiary/aromatic N) is 3. The third-order valence-electron chi connectivity index (χ3n) is 4.53. The molecule has 1 atom stereocenters. The summed E-state index contributed by atoms with van der Waals surface area (Å²) >= 11 is 0. The predicted molar refractivity (Wildman–Crippen MR) is 86.8 cm³/mol. The Balaban J connectivity index is 1.60. The maximum absolute atomic E-state index is 13.0. The van der Waals surface area contributed by atoms with E-state index in [0.29, 0.717) is 6.61 Å². The van der Waals surface area contributed by atoms with Crippen LogP contribution < -0.4 is 4.74 Å². The lowest BCUT2D eigenvalue weighted by Crippen LogP contribution is -2.33. The molecule has 2 aromatic rings. The Kier molecular flexibility index (Phi) is 3.41. The van der Waals surface area contributed by atoms with Crippen LogP contribution in [0.2, 0.25) is 0 Å². The topological polar surface area (TPSA) is 47.4 Å². The second-order valence-corrected chi connectivity index (χ2v) is 6.10. The molecular weight excluding hydrogens is 290 g/mol. The molecule has 0 saturated carbocycles. The number of rotatable bonds is 2. The Morgan fingerprint density at radius 2 is 2.22 bits per heavy atom. The van der Waals surface area contributed by atoms with Crippen LogP contribution in [-0.4, -0.2) is 33.7 Å². The van der Waals surface area contributed by atoms with Gasteiger partial charge in [-0.15, -0.1) is 0 Å². The van der Waals surface area contributed by atoms with Crippen LogP contribution in [0.3, 0.4) is 0 Å². The zero-order valence-electron chi connectivity index (χ0n) is 13.1. The highest BCUT2D eigenvalue weighted by Crippen LogP contribution is 2.34. The van der Waals surface area contributed by atoms with Gasteiger partial charge in [0.1, 0.15) is 12.4 Å². The van der Waals surface area contributed by atoms with Crippen LogP contribution in [0.1, 0.15) is 30.0 Å². The van der Waals surface area contributed by atoms with Gasteiger partial charge in [0.15, 0.2) is 0 Å². The van der Waals surface area contributed by atoms with Crippen LogP contribution in [0.4, 0.5) is 0 Å². The van der Waals surface area contributed by atoms with Crippen molar-refractivity contribution in [2.45, 2.75) is 18.9 Å². The minimum Gasteiger partial charge on any atom is -0.488 e. The zero-order valence-corrected chi connectivity index (χ0v) is 13.1. The maximum Gasteiger partial charge on any atom is 0.253 e. The smallest absolute Gasteiger partial charge is 0.253 e. The number of carbonyl (C=O) groups excluding carboxylic acids is 1. The fourth-order valence-corrected chi connectivity index (χ4v) is 3.39.